The van der Waals surface area contributed by atoms with E-state index in [4.69, 9.17) is 19.9 Å². The number of carbonyl (C=O) groups is 3. The van der Waals surface area contributed by atoms with Crippen molar-refractivity contribution in [2.24, 2.45) is 11.1 Å². The number of morpholine rings is 1. The molecule has 1 heterocycles. The molecule has 9 heteroatoms. The molecule has 0 bridgehead atoms. The number of methoxy groups -OCH3 is 1. The van der Waals surface area contributed by atoms with E-state index in [1.165, 1.54) is 0 Å². The van der Waals surface area contributed by atoms with Crippen molar-refractivity contribution in [1.82, 2.24) is 10.2 Å². The molecular formula is C33H41N3O6. The molecule has 3 N–H and O–H groups in total. The maximum Gasteiger partial charge on any atom is 0.292 e. The number of benzene rings is 3. The molecule has 1 aliphatic rings. The summed E-state index contributed by atoms with van der Waals surface area (Å²) in [6.45, 7) is 10.4. The van der Waals surface area contributed by atoms with E-state index in [9.17, 15) is 14.4 Å². The highest BCUT2D eigenvalue weighted by Gasteiger charge is 2.36. The van der Waals surface area contributed by atoms with Gasteiger partial charge in [-0.05, 0) is 40.6 Å². The lowest BCUT2D eigenvalue weighted by molar-refractivity contribution is -0.120. The first-order valence-electron chi connectivity index (χ1n) is 14.3. The molecule has 1 fully saturated rings. The van der Waals surface area contributed by atoms with E-state index in [1.54, 1.807) is 37.4 Å². The molecule has 4 rings (SSSR count). The Morgan fingerprint density at radius 2 is 1.71 bits per heavy atom. The lowest BCUT2D eigenvalue weighted by Crippen LogP contribution is -2.54. The third kappa shape index (κ3) is 7.73. The van der Waals surface area contributed by atoms with E-state index in [0.29, 0.717) is 35.3 Å². The standard InChI is InChI=1S/C33H41N3O6/c1-33(2,3)30(28(40-4)21-22-8-7-9-23(20-22)31(34)38)35-32(39)29(37)26-12-13-27(25-11-6-5-10-24(25)26)42-19-16-36-14-17-41-18-15-36/h5-13,20,28,30H,14-19,21H2,1-4H3,(H2,34,38)(H,35,39). The summed E-state index contributed by atoms with van der Waals surface area (Å²) >= 11 is 0. The number of carbonyl (C=O) groups excluding carboxylic acids is 3. The smallest absolute Gasteiger partial charge is 0.292 e. The zero-order valence-corrected chi connectivity index (χ0v) is 24.9. The molecule has 1 saturated heterocycles. The van der Waals surface area contributed by atoms with Crippen LogP contribution in [0, 0.1) is 5.41 Å². The summed E-state index contributed by atoms with van der Waals surface area (Å²) in [5.41, 5.74) is 6.55. The second-order valence-corrected chi connectivity index (χ2v) is 11.6. The van der Waals surface area contributed by atoms with Gasteiger partial charge in [-0.3, -0.25) is 19.3 Å². The van der Waals surface area contributed by atoms with Crippen LogP contribution in [0.2, 0.25) is 0 Å². The second-order valence-electron chi connectivity index (χ2n) is 11.6. The van der Waals surface area contributed by atoms with Crippen molar-refractivity contribution in [3.8, 4) is 5.75 Å². The van der Waals surface area contributed by atoms with Crippen molar-refractivity contribution in [2.45, 2.75) is 39.3 Å². The van der Waals surface area contributed by atoms with Crippen molar-refractivity contribution in [1.29, 1.82) is 0 Å². The second kappa shape index (κ2) is 13.9. The fourth-order valence-electron chi connectivity index (χ4n) is 5.32. The van der Waals surface area contributed by atoms with Gasteiger partial charge in [-0.1, -0.05) is 57.2 Å². The molecular weight excluding hydrogens is 534 g/mol. The summed E-state index contributed by atoms with van der Waals surface area (Å²) < 4.78 is 17.3. The molecule has 0 aliphatic carbocycles. The lowest BCUT2D eigenvalue weighted by atomic mass is 9.81. The van der Waals surface area contributed by atoms with Crippen LogP contribution in [0.25, 0.3) is 10.8 Å². The highest BCUT2D eigenvalue weighted by Crippen LogP contribution is 2.30. The number of rotatable bonds is 12. The predicted molar refractivity (Wildman–Crippen MR) is 162 cm³/mol. The van der Waals surface area contributed by atoms with E-state index in [0.717, 1.165) is 43.8 Å². The molecule has 0 saturated carbocycles. The molecule has 2 amide bonds. The zero-order valence-electron chi connectivity index (χ0n) is 24.9. The van der Waals surface area contributed by atoms with Gasteiger partial charge in [0.05, 0.1) is 25.4 Å². The van der Waals surface area contributed by atoms with Gasteiger partial charge in [-0.2, -0.15) is 0 Å². The third-order valence-electron chi connectivity index (χ3n) is 7.65. The summed E-state index contributed by atoms with van der Waals surface area (Å²) in [6.07, 6.45) is -0.0585. The number of Topliss-reactive ketones (excluding diaryl/α,β-unsaturated/α-hetero) is 1. The van der Waals surface area contributed by atoms with Crippen LogP contribution in [0.5, 0.6) is 5.75 Å². The molecule has 42 heavy (non-hydrogen) atoms. The zero-order chi connectivity index (χ0) is 30.3. The van der Waals surface area contributed by atoms with Gasteiger partial charge < -0.3 is 25.3 Å². The largest absolute Gasteiger partial charge is 0.492 e. The molecule has 1 aliphatic heterocycles. The Labute approximate surface area is 247 Å². The first-order valence-corrected chi connectivity index (χ1v) is 14.3. The van der Waals surface area contributed by atoms with Crippen LogP contribution in [0.1, 0.15) is 47.1 Å². The molecule has 3 aromatic carbocycles. The van der Waals surface area contributed by atoms with Crippen LogP contribution in [0.15, 0.2) is 60.7 Å². The van der Waals surface area contributed by atoms with Gasteiger partial charge in [0.2, 0.25) is 5.91 Å². The fourth-order valence-corrected chi connectivity index (χ4v) is 5.32. The van der Waals surface area contributed by atoms with E-state index in [2.05, 4.69) is 10.2 Å². The number of hydrogen-bond donors (Lipinski definition) is 2. The third-order valence-corrected chi connectivity index (χ3v) is 7.65. The first kappa shape index (κ1) is 31.2. The average Bonchev–Trinajstić information content (AvgIpc) is 2.98. The monoisotopic (exact) mass is 575 g/mol. The molecule has 0 spiro atoms. The van der Waals surface area contributed by atoms with Crippen molar-refractivity contribution in [3.05, 3.63) is 77.4 Å². The normalized spacial score (nSPS) is 15.6. The van der Waals surface area contributed by atoms with Crippen molar-refractivity contribution in [3.63, 3.8) is 0 Å². The average molecular weight is 576 g/mol. The van der Waals surface area contributed by atoms with Gasteiger partial charge in [0.1, 0.15) is 12.4 Å². The topological polar surface area (TPSA) is 120 Å². The molecule has 0 radical (unpaired) electrons. The molecule has 9 nitrogen and oxygen atoms in total. The minimum atomic E-state index is -0.714. The van der Waals surface area contributed by atoms with E-state index in [-0.39, 0.29) is 0 Å². The maximum absolute atomic E-state index is 13.6. The lowest BCUT2D eigenvalue weighted by Gasteiger charge is -2.37. The van der Waals surface area contributed by atoms with Gasteiger partial charge in [-0.15, -0.1) is 0 Å². The van der Waals surface area contributed by atoms with E-state index < -0.39 is 35.2 Å². The summed E-state index contributed by atoms with van der Waals surface area (Å²) in [7, 11) is 1.57. The Morgan fingerprint density at radius 1 is 1.00 bits per heavy atom. The van der Waals surface area contributed by atoms with Crippen molar-refractivity contribution in [2.75, 3.05) is 46.6 Å². The number of primary amides is 1. The number of fused-ring (bicyclic) bond motifs is 1. The van der Waals surface area contributed by atoms with Crippen molar-refractivity contribution < 1.29 is 28.6 Å². The Balaban J connectivity index is 1.51. The highest BCUT2D eigenvalue weighted by atomic mass is 16.5. The van der Waals surface area contributed by atoms with Gasteiger partial charge in [0.15, 0.2) is 0 Å². The summed E-state index contributed by atoms with van der Waals surface area (Å²) in [4.78, 5) is 41.0. The number of amides is 2. The van der Waals surface area contributed by atoms with Gasteiger partial charge in [0.25, 0.3) is 11.7 Å². The highest BCUT2D eigenvalue weighted by molar-refractivity contribution is 6.45. The minimum absolute atomic E-state index is 0.305. The summed E-state index contributed by atoms with van der Waals surface area (Å²) in [5, 5.41) is 4.39. The minimum Gasteiger partial charge on any atom is -0.492 e. The number of hydrogen-bond acceptors (Lipinski definition) is 7. The van der Waals surface area contributed by atoms with Gasteiger partial charge in [0, 0.05) is 49.7 Å². The van der Waals surface area contributed by atoms with E-state index in [1.807, 2.05) is 51.1 Å². The first-order chi connectivity index (χ1) is 20.1. The summed E-state index contributed by atoms with van der Waals surface area (Å²) in [6, 6.07) is 17.4. The molecule has 224 valence electrons. The SMILES string of the molecule is COC(Cc1cccc(C(N)=O)c1)C(NC(=O)C(=O)c1ccc(OCCN2CCOCC2)c2ccccc12)C(C)(C)C. The molecule has 0 aromatic heterocycles. The Hall–Kier alpha value is -3.79. The fraction of sp³-hybridized carbons (Fsp3) is 0.424. The number of nitrogens with zero attached hydrogens (tertiary/aromatic N) is 1. The maximum atomic E-state index is 13.6. The number of nitrogens with one attached hydrogen (secondary N) is 1. The molecule has 2 atom stereocenters. The van der Waals surface area contributed by atoms with Crippen molar-refractivity contribution >= 4 is 28.4 Å². The van der Waals surface area contributed by atoms with Crippen LogP contribution in [-0.4, -0.2) is 81.2 Å². The van der Waals surface area contributed by atoms with Gasteiger partial charge >= 0.3 is 0 Å². The van der Waals surface area contributed by atoms with Crippen LogP contribution in [0.4, 0.5) is 0 Å². The Morgan fingerprint density at radius 3 is 2.38 bits per heavy atom. The number of ketones is 1. The Bertz CT molecular complexity index is 1410. The quantitative estimate of drug-likeness (QED) is 0.250. The molecule has 3 aromatic rings. The number of nitrogens with two attached hydrogens (primary N) is 1. The Kier molecular flexibility index (Phi) is 10.3. The van der Waals surface area contributed by atoms with Crippen LogP contribution < -0.4 is 15.8 Å². The predicted octanol–water partition coefficient (Wildman–Crippen LogP) is 3.62. The van der Waals surface area contributed by atoms with Crippen LogP contribution in [-0.2, 0) is 20.7 Å². The number of ether oxygens (including phenoxy) is 3. The van der Waals surface area contributed by atoms with Crippen LogP contribution in [0.3, 0.4) is 0 Å². The molecule has 2 unspecified atom stereocenters. The summed E-state index contributed by atoms with van der Waals surface area (Å²) in [5.74, 6) is -1.20. The van der Waals surface area contributed by atoms with Crippen LogP contribution >= 0.6 is 0 Å². The van der Waals surface area contributed by atoms with Gasteiger partial charge in [-0.25, -0.2) is 0 Å². The van der Waals surface area contributed by atoms with E-state index >= 15 is 0 Å².